The number of urea groups is 1. The number of nitrogens with zero attached hydrogens (tertiary/aromatic N) is 3. The van der Waals surface area contributed by atoms with Gasteiger partial charge in [0.25, 0.3) is 0 Å². The largest absolute Gasteiger partial charge is 0.482 e. The van der Waals surface area contributed by atoms with Crippen molar-refractivity contribution in [1.82, 2.24) is 9.88 Å². The van der Waals surface area contributed by atoms with E-state index < -0.39 is 5.60 Å². The first-order chi connectivity index (χ1) is 9.35. The summed E-state index contributed by atoms with van der Waals surface area (Å²) in [7, 11) is 1.69. The summed E-state index contributed by atoms with van der Waals surface area (Å²) < 4.78 is 5.85. The van der Waals surface area contributed by atoms with Crippen LogP contribution in [0.1, 0.15) is 20.8 Å². The monoisotopic (exact) mass is 273 g/mol. The molecule has 106 valence electrons. The molecule has 1 atom stereocenters. The zero-order valence-corrected chi connectivity index (χ0v) is 12.3. The van der Waals surface area contributed by atoms with Crippen LogP contribution >= 0.6 is 0 Å². The van der Waals surface area contributed by atoms with Crippen LogP contribution in [0, 0.1) is 12.3 Å². The third-order valence-corrected chi connectivity index (χ3v) is 3.29. The molecule has 1 aromatic rings. The number of rotatable bonds is 1. The summed E-state index contributed by atoms with van der Waals surface area (Å²) in [5.74, 6) is 3.70. The predicted molar refractivity (Wildman–Crippen MR) is 77.7 cm³/mol. The molecule has 1 unspecified atom stereocenters. The van der Waals surface area contributed by atoms with Gasteiger partial charge < -0.3 is 9.64 Å². The van der Waals surface area contributed by atoms with Gasteiger partial charge in [-0.15, -0.1) is 6.42 Å². The van der Waals surface area contributed by atoms with Crippen molar-refractivity contribution in [3.05, 3.63) is 18.3 Å². The molecule has 2 heterocycles. The Labute approximate surface area is 119 Å². The number of amides is 2. The van der Waals surface area contributed by atoms with E-state index in [1.807, 2.05) is 26.8 Å². The Morgan fingerprint density at radius 3 is 3.00 bits per heavy atom. The molecule has 0 saturated carbocycles. The highest BCUT2D eigenvalue weighted by Crippen LogP contribution is 2.35. The molecule has 1 aliphatic heterocycles. The fraction of sp³-hybridized carbons (Fsp3) is 0.467. The molecule has 0 N–H and O–H groups in total. The molecule has 0 saturated heterocycles. The molecule has 20 heavy (non-hydrogen) atoms. The quantitative estimate of drug-likeness (QED) is 0.736. The molecule has 2 amide bonds. The second-order valence-electron chi connectivity index (χ2n) is 5.51. The smallest absolute Gasteiger partial charge is 0.326 e. The maximum Gasteiger partial charge on any atom is 0.326 e. The molecule has 0 radical (unpaired) electrons. The van der Waals surface area contributed by atoms with Gasteiger partial charge in [-0.2, -0.15) is 0 Å². The van der Waals surface area contributed by atoms with E-state index in [0.29, 0.717) is 18.1 Å². The van der Waals surface area contributed by atoms with E-state index in [1.54, 1.807) is 24.2 Å². The Morgan fingerprint density at radius 1 is 1.65 bits per heavy atom. The maximum atomic E-state index is 12.6. The van der Waals surface area contributed by atoms with Crippen LogP contribution in [0.25, 0.3) is 0 Å². The number of hydrogen-bond donors (Lipinski definition) is 0. The first kappa shape index (κ1) is 14.2. The summed E-state index contributed by atoms with van der Waals surface area (Å²) in [5, 5.41) is 0. The summed E-state index contributed by atoms with van der Waals surface area (Å²) in [6.45, 7) is 6.11. The number of carbonyl (C=O) groups is 1. The molecule has 0 spiro atoms. The number of hydrogen-bond acceptors (Lipinski definition) is 3. The number of fused-ring (bicyclic) bond motifs is 1. The topological polar surface area (TPSA) is 45.7 Å². The van der Waals surface area contributed by atoms with Crippen molar-refractivity contribution in [3.8, 4) is 18.1 Å². The summed E-state index contributed by atoms with van der Waals surface area (Å²) in [4.78, 5) is 20.0. The average Bonchev–Trinajstić information content (AvgIpc) is 2.42. The summed E-state index contributed by atoms with van der Waals surface area (Å²) >= 11 is 0. The number of carbonyl (C=O) groups excluding carboxylic acids is 1. The van der Waals surface area contributed by atoms with Crippen molar-refractivity contribution in [3.63, 3.8) is 0 Å². The van der Waals surface area contributed by atoms with E-state index in [9.17, 15) is 4.79 Å². The van der Waals surface area contributed by atoms with Gasteiger partial charge in [0.05, 0.1) is 12.6 Å². The molecule has 0 aromatic carbocycles. The zero-order chi connectivity index (χ0) is 14.9. The second-order valence-corrected chi connectivity index (χ2v) is 5.51. The Bertz CT molecular complexity index is 562. The average molecular weight is 273 g/mol. The van der Waals surface area contributed by atoms with Gasteiger partial charge in [-0.1, -0.05) is 5.92 Å². The van der Waals surface area contributed by atoms with E-state index in [1.165, 1.54) is 4.90 Å². The molecule has 0 bridgehead atoms. The van der Waals surface area contributed by atoms with Gasteiger partial charge in [-0.3, -0.25) is 4.90 Å². The van der Waals surface area contributed by atoms with E-state index in [4.69, 9.17) is 11.2 Å². The lowest BCUT2D eigenvalue weighted by Gasteiger charge is -2.40. The van der Waals surface area contributed by atoms with Gasteiger partial charge in [0.15, 0.2) is 11.6 Å². The standard InChI is InChI=1S/C15H19N3O2/c1-6-11(2)17(5)14(19)18-10-15(3,4)20-12-8-7-9-16-13(12)18/h1,7-9,11H,10H2,2-5H3. The second kappa shape index (κ2) is 5.04. The van der Waals surface area contributed by atoms with Crippen LogP contribution in [0.15, 0.2) is 18.3 Å². The number of aromatic nitrogens is 1. The lowest BCUT2D eigenvalue weighted by atomic mass is 10.1. The first-order valence-electron chi connectivity index (χ1n) is 6.50. The van der Waals surface area contributed by atoms with E-state index in [2.05, 4.69) is 10.9 Å². The van der Waals surface area contributed by atoms with Crippen molar-refractivity contribution >= 4 is 11.8 Å². The van der Waals surface area contributed by atoms with E-state index >= 15 is 0 Å². The van der Waals surface area contributed by atoms with Crippen molar-refractivity contribution in [2.75, 3.05) is 18.5 Å². The molecule has 1 aliphatic rings. The maximum absolute atomic E-state index is 12.6. The lowest BCUT2D eigenvalue weighted by Crippen LogP contribution is -2.54. The molecular weight excluding hydrogens is 254 g/mol. The van der Waals surface area contributed by atoms with Crippen molar-refractivity contribution in [2.24, 2.45) is 0 Å². The van der Waals surface area contributed by atoms with Gasteiger partial charge in [-0.25, -0.2) is 9.78 Å². The highest BCUT2D eigenvalue weighted by molar-refractivity contribution is 5.93. The fourth-order valence-corrected chi connectivity index (χ4v) is 2.08. The van der Waals surface area contributed by atoms with Crippen LogP contribution < -0.4 is 9.64 Å². The molecule has 5 heteroatoms. The minimum Gasteiger partial charge on any atom is -0.482 e. The highest BCUT2D eigenvalue weighted by Gasteiger charge is 2.37. The molecule has 0 aliphatic carbocycles. The van der Waals surface area contributed by atoms with Crippen LogP contribution in [0.5, 0.6) is 5.75 Å². The van der Waals surface area contributed by atoms with Gasteiger partial charge in [0.1, 0.15) is 5.60 Å². The predicted octanol–water partition coefficient (Wildman–Crippen LogP) is 2.13. The highest BCUT2D eigenvalue weighted by atomic mass is 16.5. The summed E-state index contributed by atoms with van der Waals surface area (Å²) in [6.07, 6.45) is 7.03. The SMILES string of the molecule is C#CC(C)N(C)C(=O)N1CC(C)(C)Oc2cccnc21. The van der Waals surface area contributed by atoms with Crippen LogP contribution in [0.3, 0.4) is 0 Å². The Kier molecular flexibility index (Phi) is 3.58. The van der Waals surface area contributed by atoms with E-state index in [-0.39, 0.29) is 12.1 Å². The number of pyridine rings is 1. The van der Waals surface area contributed by atoms with Crippen LogP contribution in [0.2, 0.25) is 0 Å². The molecular formula is C15H19N3O2. The molecule has 2 rings (SSSR count). The Hall–Kier alpha value is -2.22. The Morgan fingerprint density at radius 2 is 2.35 bits per heavy atom. The number of terminal acetylenes is 1. The van der Waals surface area contributed by atoms with Crippen molar-refractivity contribution in [2.45, 2.75) is 32.4 Å². The summed E-state index contributed by atoms with van der Waals surface area (Å²) in [5.41, 5.74) is -0.466. The van der Waals surface area contributed by atoms with Crippen molar-refractivity contribution < 1.29 is 9.53 Å². The third-order valence-electron chi connectivity index (χ3n) is 3.29. The first-order valence-corrected chi connectivity index (χ1v) is 6.50. The zero-order valence-electron chi connectivity index (χ0n) is 12.3. The Balaban J connectivity index is 2.37. The van der Waals surface area contributed by atoms with Crippen LogP contribution in [-0.2, 0) is 0 Å². The van der Waals surface area contributed by atoms with Gasteiger partial charge >= 0.3 is 6.03 Å². The third kappa shape index (κ3) is 2.55. The minimum atomic E-state index is -0.466. The van der Waals surface area contributed by atoms with Crippen molar-refractivity contribution in [1.29, 1.82) is 0 Å². The fourth-order valence-electron chi connectivity index (χ4n) is 2.08. The van der Waals surface area contributed by atoms with Crippen LogP contribution in [0.4, 0.5) is 10.6 Å². The van der Waals surface area contributed by atoms with Gasteiger partial charge in [0.2, 0.25) is 0 Å². The lowest BCUT2D eigenvalue weighted by molar-refractivity contribution is 0.102. The number of ether oxygens (including phenoxy) is 1. The number of anilines is 1. The summed E-state index contributed by atoms with van der Waals surface area (Å²) in [6, 6.07) is 3.15. The minimum absolute atomic E-state index is 0.174. The van der Waals surface area contributed by atoms with Gasteiger partial charge in [0, 0.05) is 13.2 Å². The van der Waals surface area contributed by atoms with Crippen LogP contribution in [-0.4, -0.2) is 41.2 Å². The van der Waals surface area contributed by atoms with Gasteiger partial charge in [-0.05, 0) is 32.9 Å². The normalized spacial score (nSPS) is 17.4. The molecule has 5 nitrogen and oxygen atoms in total. The van der Waals surface area contributed by atoms with E-state index in [0.717, 1.165) is 0 Å². The molecule has 1 aromatic heterocycles. The molecule has 0 fully saturated rings.